The highest BCUT2D eigenvalue weighted by atomic mass is 16.4. The van der Waals surface area contributed by atoms with Crippen molar-refractivity contribution < 1.29 is 14.7 Å². The van der Waals surface area contributed by atoms with Crippen molar-refractivity contribution in [3.63, 3.8) is 0 Å². The van der Waals surface area contributed by atoms with Crippen molar-refractivity contribution >= 4 is 11.9 Å². The first-order chi connectivity index (χ1) is 10.6. The van der Waals surface area contributed by atoms with Gasteiger partial charge in [-0.15, -0.1) is 0 Å². The number of H-pyrrole nitrogens is 1. The molecule has 0 radical (unpaired) electrons. The van der Waals surface area contributed by atoms with Crippen LogP contribution in [0.2, 0.25) is 0 Å². The molecule has 1 heterocycles. The fraction of sp³-hybridized carbons (Fsp3) is 0.294. The standard InChI is InChI=1S/C17H18N2O3/c1-11(17(21)22)19(13-7-8-13)16(20)15-10-9-14(18-15)12-5-3-2-4-6-12/h2-6,9-11,13,18H,7-8H2,1H3,(H,21,22). The van der Waals surface area contributed by atoms with Gasteiger partial charge in [-0.25, -0.2) is 4.79 Å². The Balaban J connectivity index is 1.85. The Morgan fingerprint density at radius 1 is 1.18 bits per heavy atom. The van der Waals surface area contributed by atoms with Crippen LogP contribution in [0.25, 0.3) is 11.3 Å². The van der Waals surface area contributed by atoms with E-state index in [2.05, 4.69) is 4.98 Å². The largest absolute Gasteiger partial charge is 0.480 e. The number of carbonyl (C=O) groups is 2. The Labute approximate surface area is 128 Å². The summed E-state index contributed by atoms with van der Waals surface area (Å²) in [6, 6.07) is 12.5. The molecule has 0 bridgehead atoms. The van der Waals surface area contributed by atoms with Gasteiger partial charge in [-0.3, -0.25) is 4.79 Å². The normalized spacial score (nSPS) is 15.3. The van der Waals surface area contributed by atoms with Gasteiger partial charge in [0.25, 0.3) is 5.91 Å². The summed E-state index contributed by atoms with van der Waals surface area (Å²) in [5, 5.41) is 9.20. The molecular weight excluding hydrogens is 280 g/mol. The Hall–Kier alpha value is -2.56. The van der Waals surface area contributed by atoms with Crippen LogP contribution in [-0.4, -0.2) is 39.0 Å². The minimum absolute atomic E-state index is 0.0436. The molecule has 3 rings (SSSR count). The number of carboxylic acid groups (broad SMARTS) is 1. The number of amides is 1. The van der Waals surface area contributed by atoms with E-state index in [0.29, 0.717) is 5.69 Å². The van der Waals surface area contributed by atoms with Gasteiger partial charge in [0.2, 0.25) is 0 Å². The number of carboxylic acids is 1. The van der Waals surface area contributed by atoms with Crippen LogP contribution in [0.3, 0.4) is 0 Å². The molecule has 2 aromatic rings. The highest BCUT2D eigenvalue weighted by Crippen LogP contribution is 2.30. The summed E-state index contributed by atoms with van der Waals surface area (Å²) >= 11 is 0. The van der Waals surface area contributed by atoms with Crippen LogP contribution in [0.1, 0.15) is 30.3 Å². The number of aliphatic carboxylic acids is 1. The van der Waals surface area contributed by atoms with Crippen LogP contribution < -0.4 is 0 Å². The molecule has 1 unspecified atom stereocenters. The molecule has 1 aliphatic carbocycles. The molecule has 1 fully saturated rings. The minimum atomic E-state index is -0.977. The second kappa shape index (κ2) is 5.67. The van der Waals surface area contributed by atoms with E-state index in [1.807, 2.05) is 36.4 Å². The first kappa shape index (κ1) is 14.4. The predicted octanol–water partition coefficient (Wildman–Crippen LogP) is 2.76. The molecule has 22 heavy (non-hydrogen) atoms. The quantitative estimate of drug-likeness (QED) is 0.891. The Bertz CT molecular complexity index is 689. The number of aromatic nitrogens is 1. The van der Waals surface area contributed by atoms with E-state index >= 15 is 0 Å². The number of aromatic amines is 1. The van der Waals surface area contributed by atoms with E-state index in [1.165, 1.54) is 4.90 Å². The van der Waals surface area contributed by atoms with E-state index in [0.717, 1.165) is 24.1 Å². The topological polar surface area (TPSA) is 73.4 Å². The molecule has 0 saturated heterocycles. The lowest BCUT2D eigenvalue weighted by Gasteiger charge is -2.25. The summed E-state index contributed by atoms with van der Waals surface area (Å²) in [6.45, 7) is 1.56. The van der Waals surface area contributed by atoms with Crippen LogP contribution in [0.5, 0.6) is 0 Å². The van der Waals surface area contributed by atoms with E-state index < -0.39 is 12.0 Å². The van der Waals surface area contributed by atoms with E-state index in [-0.39, 0.29) is 11.9 Å². The summed E-state index contributed by atoms with van der Waals surface area (Å²) in [5.74, 6) is -1.23. The fourth-order valence-electron chi connectivity index (χ4n) is 2.57. The third-order valence-corrected chi connectivity index (χ3v) is 3.95. The molecule has 1 aromatic carbocycles. The average Bonchev–Trinajstić information content (AvgIpc) is 3.23. The number of rotatable bonds is 5. The average molecular weight is 298 g/mol. The van der Waals surface area contributed by atoms with Crippen molar-refractivity contribution in [2.75, 3.05) is 0 Å². The summed E-state index contributed by atoms with van der Waals surface area (Å²) in [5.41, 5.74) is 2.27. The van der Waals surface area contributed by atoms with Gasteiger partial charge in [0, 0.05) is 11.7 Å². The van der Waals surface area contributed by atoms with Gasteiger partial charge in [0.1, 0.15) is 11.7 Å². The van der Waals surface area contributed by atoms with Crippen LogP contribution >= 0.6 is 0 Å². The lowest BCUT2D eigenvalue weighted by atomic mass is 10.2. The first-order valence-electron chi connectivity index (χ1n) is 7.38. The highest BCUT2D eigenvalue weighted by Gasteiger charge is 2.39. The highest BCUT2D eigenvalue weighted by molar-refractivity contribution is 5.96. The number of carbonyl (C=O) groups excluding carboxylic acids is 1. The van der Waals surface area contributed by atoms with E-state index in [9.17, 15) is 14.7 Å². The number of hydrogen-bond donors (Lipinski definition) is 2. The van der Waals surface area contributed by atoms with Crippen molar-refractivity contribution in [3.05, 3.63) is 48.2 Å². The van der Waals surface area contributed by atoms with Crippen LogP contribution in [0, 0.1) is 0 Å². The summed E-state index contributed by atoms with van der Waals surface area (Å²) in [4.78, 5) is 28.5. The molecule has 1 aliphatic rings. The maximum atomic E-state index is 12.6. The molecule has 5 heteroatoms. The van der Waals surface area contributed by atoms with Crippen LogP contribution in [-0.2, 0) is 4.79 Å². The van der Waals surface area contributed by atoms with E-state index in [1.54, 1.807) is 13.0 Å². The molecular formula is C17H18N2O3. The van der Waals surface area contributed by atoms with Crippen molar-refractivity contribution in [2.24, 2.45) is 0 Å². The van der Waals surface area contributed by atoms with Crippen LogP contribution in [0.15, 0.2) is 42.5 Å². The summed E-state index contributed by atoms with van der Waals surface area (Å²) in [6.07, 6.45) is 1.74. The smallest absolute Gasteiger partial charge is 0.326 e. The van der Waals surface area contributed by atoms with Gasteiger partial charge in [0.15, 0.2) is 0 Å². The van der Waals surface area contributed by atoms with Crippen molar-refractivity contribution in [1.82, 2.24) is 9.88 Å². The van der Waals surface area contributed by atoms with Gasteiger partial charge in [0.05, 0.1) is 0 Å². The van der Waals surface area contributed by atoms with Gasteiger partial charge in [-0.2, -0.15) is 0 Å². The second-order valence-electron chi connectivity index (χ2n) is 5.61. The van der Waals surface area contributed by atoms with Gasteiger partial charge < -0.3 is 15.0 Å². The zero-order valence-electron chi connectivity index (χ0n) is 12.3. The lowest BCUT2D eigenvalue weighted by Crippen LogP contribution is -2.44. The van der Waals surface area contributed by atoms with Gasteiger partial charge >= 0.3 is 5.97 Å². The predicted molar refractivity (Wildman–Crippen MR) is 82.5 cm³/mol. The maximum Gasteiger partial charge on any atom is 0.326 e. The zero-order valence-corrected chi connectivity index (χ0v) is 12.3. The number of nitrogens with zero attached hydrogens (tertiary/aromatic N) is 1. The minimum Gasteiger partial charge on any atom is -0.480 e. The molecule has 1 aromatic heterocycles. The number of benzene rings is 1. The third-order valence-electron chi connectivity index (χ3n) is 3.95. The summed E-state index contributed by atoms with van der Waals surface area (Å²) in [7, 11) is 0. The maximum absolute atomic E-state index is 12.6. The number of nitrogens with one attached hydrogen (secondary N) is 1. The molecule has 1 atom stereocenters. The molecule has 1 amide bonds. The lowest BCUT2D eigenvalue weighted by molar-refractivity contribution is -0.141. The van der Waals surface area contributed by atoms with E-state index in [4.69, 9.17) is 0 Å². The Morgan fingerprint density at radius 3 is 2.45 bits per heavy atom. The van der Waals surface area contributed by atoms with Crippen molar-refractivity contribution in [3.8, 4) is 11.3 Å². The zero-order chi connectivity index (χ0) is 15.7. The van der Waals surface area contributed by atoms with Crippen LogP contribution in [0.4, 0.5) is 0 Å². The number of hydrogen-bond acceptors (Lipinski definition) is 2. The fourth-order valence-corrected chi connectivity index (χ4v) is 2.57. The second-order valence-corrected chi connectivity index (χ2v) is 5.61. The Morgan fingerprint density at radius 2 is 1.86 bits per heavy atom. The molecule has 114 valence electrons. The van der Waals surface area contributed by atoms with Gasteiger partial charge in [-0.05, 0) is 37.5 Å². The molecule has 2 N–H and O–H groups in total. The van der Waals surface area contributed by atoms with Crippen molar-refractivity contribution in [1.29, 1.82) is 0 Å². The van der Waals surface area contributed by atoms with Crippen molar-refractivity contribution in [2.45, 2.75) is 31.8 Å². The van der Waals surface area contributed by atoms with Gasteiger partial charge in [-0.1, -0.05) is 30.3 Å². The molecule has 1 saturated carbocycles. The SMILES string of the molecule is CC(C(=O)O)N(C(=O)c1ccc(-c2ccccc2)[nH]1)C1CC1. The molecule has 5 nitrogen and oxygen atoms in total. The first-order valence-corrected chi connectivity index (χ1v) is 7.38. The monoisotopic (exact) mass is 298 g/mol. The molecule has 0 spiro atoms. The summed E-state index contributed by atoms with van der Waals surface area (Å²) < 4.78 is 0. The Kier molecular flexibility index (Phi) is 3.71. The molecule has 0 aliphatic heterocycles. The third kappa shape index (κ3) is 2.74.